The van der Waals surface area contributed by atoms with Crippen LogP contribution in [0.2, 0.25) is 0 Å². The van der Waals surface area contributed by atoms with Gasteiger partial charge in [-0.1, -0.05) is 12.8 Å². The molecule has 3 unspecified atom stereocenters. The Balaban J connectivity index is 1.59. The Labute approximate surface area is 124 Å². The minimum atomic E-state index is -0.947. The van der Waals surface area contributed by atoms with Crippen molar-refractivity contribution in [2.24, 2.45) is 11.8 Å². The van der Waals surface area contributed by atoms with E-state index in [1.165, 1.54) is 0 Å². The zero-order valence-corrected chi connectivity index (χ0v) is 12.3. The molecule has 3 N–H and O–H groups in total. The van der Waals surface area contributed by atoms with Gasteiger partial charge in [-0.25, -0.2) is 9.59 Å². The van der Waals surface area contributed by atoms with Crippen molar-refractivity contribution in [3.05, 3.63) is 0 Å². The first kappa shape index (κ1) is 14.6. The smallest absolute Gasteiger partial charge is 0.326 e. The number of nitrogens with one attached hydrogen (secondary N) is 1. The van der Waals surface area contributed by atoms with Gasteiger partial charge < -0.3 is 20.4 Å². The largest absolute Gasteiger partial charge is 0.480 e. The topological polar surface area (TPSA) is 89.9 Å². The molecule has 3 atom stereocenters. The first-order chi connectivity index (χ1) is 9.99. The van der Waals surface area contributed by atoms with Gasteiger partial charge in [0.05, 0.1) is 5.60 Å². The third-order valence-corrected chi connectivity index (χ3v) is 5.35. The van der Waals surface area contributed by atoms with Crippen LogP contribution in [-0.4, -0.2) is 51.8 Å². The third-order valence-electron chi connectivity index (χ3n) is 5.35. The van der Waals surface area contributed by atoms with Gasteiger partial charge in [0.15, 0.2) is 0 Å². The lowest BCUT2D eigenvalue weighted by Gasteiger charge is -2.47. The molecule has 0 aromatic carbocycles. The van der Waals surface area contributed by atoms with Gasteiger partial charge in [-0.2, -0.15) is 0 Å². The molecule has 1 heterocycles. The fourth-order valence-corrected chi connectivity index (χ4v) is 3.79. The van der Waals surface area contributed by atoms with Crippen LogP contribution in [0.3, 0.4) is 0 Å². The first-order valence-corrected chi connectivity index (χ1v) is 8.00. The Morgan fingerprint density at radius 2 is 1.95 bits per heavy atom. The van der Waals surface area contributed by atoms with E-state index in [0.717, 1.165) is 38.5 Å². The van der Waals surface area contributed by atoms with Crippen molar-refractivity contribution < 1.29 is 19.8 Å². The normalized spacial score (nSPS) is 34.0. The highest BCUT2D eigenvalue weighted by Gasteiger charge is 2.45. The number of hydrogen-bond acceptors (Lipinski definition) is 3. The lowest BCUT2D eigenvalue weighted by Crippen LogP contribution is -2.58. The summed E-state index contributed by atoms with van der Waals surface area (Å²) in [6, 6.07) is -1.05. The molecule has 0 radical (unpaired) electrons. The molecular formula is C15H24N2O4. The number of amides is 2. The summed E-state index contributed by atoms with van der Waals surface area (Å²) >= 11 is 0. The predicted octanol–water partition coefficient (Wildman–Crippen LogP) is 1.19. The minimum Gasteiger partial charge on any atom is -0.480 e. The summed E-state index contributed by atoms with van der Waals surface area (Å²) < 4.78 is 0. The van der Waals surface area contributed by atoms with Crippen LogP contribution in [0.1, 0.15) is 44.9 Å². The number of urea groups is 1. The average molecular weight is 296 g/mol. The van der Waals surface area contributed by atoms with Crippen molar-refractivity contribution in [1.29, 1.82) is 0 Å². The second-order valence-corrected chi connectivity index (χ2v) is 6.85. The molecule has 21 heavy (non-hydrogen) atoms. The molecule has 6 heteroatoms. The van der Waals surface area contributed by atoms with E-state index in [1.807, 2.05) is 0 Å². The number of carbonyl (C=O) groups excluding carboxylic acids is 1. The summed E-state index contributed by atoms with van der Waals surface area (Å²) in [4.78, 5) is 25.2. The van der Waals surface area contributed by atoms with Crippen molar-refractivity contribution in [3.8, 4) is 0 Å². The molecule has 3 fully saturated rings. The number of carboxylic acid groups (broad SMARTS) is 1. The van der Waals surface area contributed by atoms with Crippen LogP contribution in [0.25, 0.3) is 0 Å². The molecule has 2 aliphatic carbocycles. The molecule has 3 rings (SSSR count). The van der Waals surface area contributed by atoms with Crippen LogP contribution in [0.15, 0.2) is 0 Å². The van der Waals surface area contributed by atoms with Crippen molar-refractivity contribution in [2.45, 2.75) is 56.6 Å². The Bertz CT molecular complexity index is 437. The van der Waals surface area contributed by atoms with Crippen LogP contribution in [-0.2, 0) is 4.79 Å². The van der Waals surface area contributed by atoms with Gasteiger partial charge in [-0.05, 0) is 38.0 Å². The predicted molar refractivity (Wildman–Crippen MR) is 75.8 cm³/mol. The number of carboxylic acids is 1. The summed E-state index contributed by atoms with van der Waals surface area (Å²) in [5.41, 5.74) is -0.613. The number of fused-ring (bicyclic) bond motifs is 1. The summed E-state index contributed by atoms with van der Waals surface area (Å²) in [6.45, 7) is 1.05. The molecule has 0 aromatic rings. The third kappa shape index (κ3) is 3.00. The Morgan fingerprint density at radius 3 is 2.62 bits per heavy atom. The number of hydrogen-bond donors (Lipinski definition) is 3. The van der Waals surface area contributed by atoms with Crippen LogP contribution >= 0.6 is 0 Å². The zero-order valence-electron chi connectivity index (χ0n) is 12.3. The first-order valence-electron chi connectivity index (χ1n) is 8.00. The number of carbonyl (C=O) groups is 2. The maximum atomic E-state index is 12.3. The number of likely N-dealkylation sites (tertiary alicyclic amines) is 1. The summed E-state index contributed by atoms with van der Waals surface area (Å²) in [7, 11) is 0. The molecule has 118 valence electrons. The highest BCUT2D eigenvalue weighted by atomic mass is 16.4. The van der Waals surface area contributed by atoms with Gasteiger partial charge in [-0.15, -0.1) is 0 Å². The molecule has 2 amide bonds. The van der Waals surface area contributed by atoms with Gasteiger partial charge in [0.1, 0.15) is 6.04 Å². The van der Waals surface area contributed by atoms with E-state index in [2.05, 4.69) is 5.32 Å². The van der Waals surface area contributed by atoms with Crippen molar-refractivity contribution >= 4 is 12.0 Å². The van der Waals surface area contributed by atoms with Crippen LogP contribution in [0, 0.1) is 11.8 Å². The SMILES string of the molecule is O=C(O)C(NC(=O)N1CCC2(O)CCCCC2C1)C1CC1. The van der Waals surface area contributed by atoms with Crippen LogP contribution in [0.5, 0.6) is 0 Å². The van der Waals surface area contributed by atoms with Crippen LogP contribution in [0.4, 0.5) is 4.79 Å². The second-order valence-electron chi connectivity index (χ2n) is 6.85. The van der Waals surface area contributed by atoms with Gasteiger partial charge in [0.2, 0.25) is 0 Å². The molecule has 0 bridgehead atoms. The standard InChI is InChI=1S/C15H24N2O4/c18-13(19)12(10-4-5-10)16-14(20)17-8-7-15(21)6-2-1-3-11(15)9-17/h10-12,21H,1-9H2,(H,16,20)(H,18,19). The van der Waals surface area contributed by atoms with E-state index in [4.69, 9.17) is 0 Å². The van der Waals surface area contributed by atoms with Gasteiger partial charge in [0.25, 0.3) is 0 Å². The minimum absolute atomic E-state index is 0.0860. The quantitative estimate of drug-likeness (QED) is 0.729. The summed E-state index contributed by atoms with van der Waals surface area (Å²) in [5, 5.41) is 22.5. The molecule has 1 saturated heterocycles. The monoisotopic (exact) mass is 296 g/mol. The molecule has 3 aliphatic rings. The molecule has 1 aliphatic heterocycles. The van der Waals surface area contributed by atoms with Crippen molar-refractivity contribution in [3.63, 3.8) is 0 Å². The zero-order chi connectivity index (χ0) is 15.0. The van der Waals surface area contributed by atoms with E-state index in [9.17, 15) is 19.8 Å². The van der Waals surface area contributed by atoms with Crippen LogP contribution < -0.4 is 5.32 Å². The molecule has 0 spiro atoms. The number of nitrogens with zero attached hydrogens (tertiary/aromatic N) is 1. The molecule has 2 saturated carbocycles. The van der Waals surface area contributed by atoms with E-state index in [1.54, 1.807) is 4.90 Å². The lowest BCUT2D eigenvalue weighted by atomic mass is 9.71. The number of aliphatic hydroxyl groups is 1. The van der Waals surface area contributed by atoms with Crippen molar-refractivity contribution in [1.82, 2.24) is 10.2 Å². The fourth-order valence-electron chi connectivity index (χ4n) is 3.79. The van der Waals surface area contributed by atoms with E-state index < -0.39 is 17.6 Å². The summed E-state index contributed by atoms with van der Waals surface area (Å²) in [6.07, 6.45) is 6.29. The van der Waals surface area contributed by atoms with E-state index >= 15 is 0 Å². The molecule has 6 nitrogen and oxygen atoms in total. The highest BCUT2D eigenvalue weighted by molar-refractivity contribution is 5.83. The second kappa shape index (κ2) is 5.48. The molecule has 0 aromatic heterocycles. The Kier molecular flexibility index (Phi) is 3.82. The maximum absolute atomic E-state index is 12.3. The van der Waals surface area contributed by atoms with Crippen molar-refractivity contribution in [2.75, 3.05) is 13.1 Å². The van der Waals surface area contributed by atoms with Gasteiger partial charge in [-0.3, -0.25) is 0 Å². The summed E-state index contributed by atoms with van der Waals surface area (Å²) in [5.74, 6) is -0.727. The van der Waals surface area contributed by atoms with Gasteiger partial charge in [0, 0.05) is 19.0 Å². The maximum Gasteiger partial charge on any atom is 0.326 e. The fraction of sp³-hybridized carbons (Fsp3) is 0.867. The van der Waals surface area contributed by atoms with E-state index in [-0.39, 0.29) is 17.9 Å². The average Bonchev–Trinajstić information content (AvgIpc) is 3.27. The number of aliphatic carboxylic acids is 1. The number of rotatable bonds is 3. The molecular weight excluding hydrogens is 272 g/mol. The van der Waals surface area contributed by atoms with Gasteiger partial charge >= 0.3 is 12.0 Å². The number of piperidine rings is 1. The highest BCUT2D eigenvalue weighted by Crippen LogP contribution is 2.40. The lowest BCUT2D eigenvalue weighted by molar-refractivity contribution is -0.139. The Hall–Kier alpha value is -1.30. The Morgan fingerprint density at radius 1 is 1.19 bits per heavy atom. The van der Waals surface area contributed by atoms with E-state index in [0.29, 0.717) is 19.5 Å².